The zero-order valence-electron chi connectivity index (χ0n) is 11.9. The maximum Gasteiger partial charge on any atom is 0.254 e. The number of carbonyl (C=O) groups is 1. The Hall–Kier alpha value is -2.24. The smallest absolute Gasteiger partial charge is 0.254 e. The number of aliphatic imine (C=N–C) groups is 2. The van der Waals surface area contributed by atoms with Crippen LogP contribution in [-0.4, -0.2) is 48.7 Å². The van der Waals surface area contributed by atoms with Crippen molar-refractivity contribution < 1.29 is 9.18 Å². The van der Waals surface area contributed by atoms with Crippen molar-refractivity contribution in [2.45, 2.75) is 13.3 Å². The van der Waals surface area contributed by atoms with Gasteiger partial charge in [-0.15, -0.1) is 0 Å². The van der Waals surface area contributed by atoms with Gasteiger partial charge in [0.05, 0.1) is 6.42 Å². The molecule has 110 valence electrons. The average molecular weight is 288 g/mol. The summed E-state index contributed by atoms with van der Waals surface area (Å²) < 4.78 is 12.9. The molecule has 1 aromatic rings. The van der Waals surface area contributed by atoms with Gasteiger partial charge in [0.25, 0.3) is 5.91 Å². The summed E-state index contributed by atoms with van der Waals surface area (Å²) in [5.41, 5.74) is 1.82. The normalized spacial score (nSPS) is 19.4. The number of hydrogen-bond donors (Lipinski definition) is 0. The van der Waals surface area contributed by atoms with Crippen LogP contribution in [0.1, 0.15) is 13.3 Å². The summed E-state index contributed by atoms with van der Waals surface area (Å²) in [6.45, 7) is 4.95. The van der Waals surface area contributed by atoms with Crippen LogP contribution < -0.4 is 4.90 Å². The van der Waals surface area contributed by atoms with Gasteiger partial charge >= 0.3 is 0 Å². The van der Waals surface area contributed by atoms with Crippen molar-refractivity contribution in [1.29, 1.82) is 0 Å². The highest BCUT2D eigenvalue weighted by Crippen LogP contribution is 2.17. The Balaban J connectivity index is 1.65. The molecule has 2 heterocycles. The van der Waals surface area contributed by atoms with E-state index in [4.69, 9.17) is 0 Å². The molecule has 0 aliphatic carbocycles. The molecule has 0 aromatic heterocycles. The van der Waals surface area contributed by atoms with Crippen molar-refractivity contribution in [3.05, 3.63) is 30.1 Å². The number of benzene rings is 1. The van der Waals surface area contributed by atoms with Crippen LogP contribution >= 0.6 is 0 Å². The van der Waals surface area contributed by atoms with Crippen molar-refractivity contribution in [3.63, 3.8) is 0 Å². The molecule has 1 amide bonds. The predicted octanol–water partition coefficient (Wildman–Crippen LogP) is 1.69. The Kier molecular flexibility index (Phi) is 3.68. The first-order valence-corrected chi connectivity index (χ1v) is 7.03. The van der Waals surface area contributed by atoms with Crippen LogP contribution in [0.15, 0.2) is 34.3 Å². The first-order chi connectivity index (χ1) is 10.1. The molecule has 2 aliphatic rings. The zero-order chi connectivity index (χ0) is 14.8. The molecule has 0 N–H and O–H groups in total. The minimum absolute atomic E-state index is 0.126. The topological polar surface area (TPSA) is 48.3 Å². The summed E-state index contributed by atoms with van der Waals surface area (Å²) >= 11 is 0. The predicted molar refractivity (Wildman–Crippen MR) is 80.4 cm³/mol. The van der Waals surface area contributed by atoms with Crippen LogP contribution in [0.3, 0.4) is 0 Å². The van der Waals surface area contributed by atoms with Crippen LogP contribution in [0.5, 0.6) is 0 Å². The van der Waals surface area contributed by atoms with E-state index in [9.17, 15) is 9.18 Å². The minimum Gasteiger partial charge on any atom is -0.368 e. The van der Waals surface area contributed by atoms with E-state index in [2.05, 4.69) is 14.9 Å². The Morgan fingerprint density at radius 2 is 1.62 bits per heavy atom. The number of amides is 1. The molecular weight excluding hydrogens is 271 g/mol. The van der Waals surface area contributed by atoms with Gasteiger partial charge in [-0.25, -0.2) is 9.38 Å². The molecule has 21 heavy (non-hydrogen) atoms. The van der Waals surface area contributed by atoms with Gasteiger partial charge in [0.1, 0.15) is 5.82 Å². The minimum atomic E-state index is -0.225. The summed E-state index contributed by atoms with van der Waals surface area (Å²) in [6, 6.07) is 6.52. The van der Waals surface area contributed by atoms with Gasteiger partial charge in [0, 0.05) is 37.6 Å². The number of halogens is 1. The summed E-state index contributed by atoms with van der Waals surface area (Å²) in [5, 5.41) is 0. The largest absolute Gasteiger partial charge is 0.368 e. The van der Waals surface area contributed by atoms with Crippen molar-refractivity contribution in [3.8, 4) is 0 Å². The molecule has 1 saturated heterocycles. The summed E-state index contributed by atoms with van der Waals surface area (Å²) in [7, 11) is 0. The standard InChI is InChI=1S/C15H17FN4O/c1-11-10-14(21)18-15(17-11)20-8-6-19(7-9-20)13-4-2-12(16)3-5-13/h2-5H,6-10H2,1H3. The van der Waals surface area contributed by atoms with Gasteiger partial charge in [0.2, 0.25) is 5.96 Å². The third-order valence-corrected chi connectivity index (χ3v) is 3.68. The molecule has 0 unspecified atom stereocenters. The fourth-order valence-electron chi connectivity index (χ4n) is 2.56. The van der Waals surface area contributed by atoms with E-state index in [1.54, 1.807) is 12.1 Å². The molecule has 3 rings (SSSR count). The van der Waals surface area contributed by atoms with Gasteiger partial charge in [-0.05, 0) is 31.2 Å². The van der Waals surface area contributed by atoms with Crippen molar-refractivity contribution >= 4 is 23.3 Å². The SMILES string of the molecule is CC1=NC(N2CCN(c3ccc(F)cc3)CC2)=NC(=O)C1. The number of piperazine rings is 1. The molecular formula is C15H17FN4O. The van der Waals surface area contributed by atoms with Crippen molar-refractivity contribution in [2.24, 2.45) is 9.98 Å². The lowest BCUT2D eigenvalue weighted by Gasteiger charge is -2.36. The van der Waals surface area contributed by atoms with E-state index < -0.39 is 0 Å². The van der Waals surface area contributed by atoms with Gasteiger partial charge in [-0.1, -0.05) is 0 Å². The molecule has 0 spiro atoms. The van der Waals surface area contributed by atoms with E-state index in [-0.39, 0.29) is 11.7 Å². The van der Waals surface area contributed by atoms with E-state index in [1.165, 1.54) is 12.1 Å². The van der Waals surface area contributed by atoms with E-state index in [0.717, 1.165) is 37.6 Å². The quantitative estimate of drug-likeness (QED) is 0.790. The molecule has 0 radical (unpaired) electrons. The number of carbonyl (C=O) groups excluding carboxylic acids is 1. The average Bonchev–Trinajstić information content (AvgIpc) is 2.47. The maximum atomic E-state index is 12.9. The monoisotopic (exact) mass is 288 g/mol. The second kappa shape index (κ2) is 5.63. The van der Waals surface area contributed by atoms with Crippen molar-refractivity contribution in [1.82, 2.24) is 4.90 Å². The molecule has 1 aromatic carbocycles. The zero-order valence-corrected chi connectivity index (χ0v) is 11.9. The second-order valence-electron chi connectivity index (χ2n) is 5.28. The van der Waals surface area contributed by atoms with Gasteiger partial charge in [-0.3, -0.25) is 4.79 Å². The van der Waals surface area contributed by atoms with Gasteiger partial charge in [0.15, 0.2) is 0 Å². The van der Waals surface area contributed by atoms with Crippen LogP contribution in [-0.2, 0) is 4.79 Å². The lowest BCUT2D eigenvalue weighted by molar-refractivity contribution is -0.116. The third kappa shape index (κ3) is 3.09. The summed E-state index contributed by atoms with van der Waals surface area (Å²) in [4.78, 5) is 24.1. The van der Waals surface area contributed by atoms with E-state index >= 15 is 0 Å². The highest BCUT2D eigenvalue weighted by atomic mass is 19.1. The van der Waals surface area contributed by atoms with Crippen molar-refractivity contribution in [2.75, 3.05) is 31.1 Å². The fourth-order valence-corrected chi connectivity index (χ4v) is 2.56. The first kappa shape index (κ1) is 13.7. The third-order valence-electron chi connectivity index (χ3n) is 3.68. The highest BCUT2D eigenvalue weighted by Gasteiger charge is 2.23. The Labute approximate surface area is 122 Å². The maximum absolute atomic E-state index is 12.9. The molecule has 0 bridgehead atoms. The number of guanidine groups is 1. The number of nitrogens with zero attached hydrogens (tertiary/aromatic N) is 4. The van der Waals surface area contributed by atoms with Gasteiger partial charge < -0.3 is 9.80 Å². The van der Waals surface area contributed by atoms with Crippen LogP contribution in [0.4, 0.5) is 10.1 Å². The van der Waals surface area contributed by atoms with Crippen LogP contribution in [0.2, 0.25) is 0 Å². The molecule has 0 atom stereocenters. The first-order valence-electron chi connectivity index (χ1n) is 7.03. The Morgan fingerprint density at radius 3 is 2.24 bits per heavy atom. The van der Waals surface area contributed by atoms with Gasteiger partial charge in [-0.2, -0.15) is 4.99 Å². The summed E-state index contributed by atoms with van der Waals surface area (Å²) in [6.07, 6.45) is 0.318. The molecule has 0 saturated carbocycles. The lowest BCUT2D eigenvalue weighted by atomic mass is 10.2. The fraction of sp³-hybridized carbons (Fsp3) is 0.400. The summed E-state index contributed by atoms with van der Waals surface area (Å²) in [5.74, 6) is 0.179. The highest BCUT2D eigenvalue weighted by molar-refractivity contribution is 6.12. The van der Waals surface area contributed by atoms with Crippen LogP contribution in [0.25, 0.3) is 0 Å². The molecule has 1 fully saturated rings. The number of anilines is 1. The molecule has 2 aliphatic heterocycles. The van der Waals surface area contributed by atoms with E-state index in [0.29, 0.717) is 12.4 Å². The number of rotatable bonds is 1. The Bertz CT molecular complexity index is 601. The second-order valence-corrected chi connectivity index (χ2v) is 5.28. The van der Waals surface area contributed by atoms with Crippen LogP contribution in [0, 0.1) is 5.82 Å². The number of hydrogen-bond acceptors (Lipinski definition) is 4. The molecule has 6 heteroatoms. The van der Waals surface area contributed by atoms with E-state index in [1.807, 2.05) is 11.8 Å². The molecule has 5 nitrogen and oxygen atoms in total. The Morgan fingerprint density at radius 1 is 1.00 bits per heavy atom. The lowest BCUT2D eigenvalue weighted by Crippen LogP contribution is -2.49.